The van der Waals surface area contributed by atoms with E-state index in [4.69, 9.17) is 11.6 Å². The van der Waals surface area contributed by atoms with Crippen molar-refractivity contribution in [1.29, 1.82) is 0 Å². The molecule has 1 fully saturated rings. The maximum absolute atomic E-state index is 12.0. The summed E-state index contributed by atoms with van der Waals surface area (Å²) in [6, 6.07) is 5.20. The molecule has 0 atom stereocenters. The van der Waals surface area contributed by atoms with Gasteiger partial charge in [-0.25, -0.2) is 0 Å². The van der Waals surface area contributed by atoms with E-state index in [1.807, 2.05) is 0 Å². The average molecular weight is 367 g/mol. The molecule has 0 bridgehead atoms. The molecule has 0 aromatic heterocycles. The minimum absolute atomic E-state index is 0.0358. The summed E-state index contributed by atoms with van der Waals surface area (Å²) < 4.78 is 0.814. The zero-order chi connectivity index (χ0) is 11.8. The molecule has 1 aromatic carbocycles. The Balaban J connectivity index is 2.14. The van der Waals surface area contributed by atoms with E-state index in [0.29, 0.717) is 10.6 Å². The highest BCUT2D eigenvalue weighted by Crippen LogP contribution is 2.37. The van der Waals surface area contributed by atoms with Crippen molar-refractivity contribution in [2.24, 2.45) is 0 Å². The first-order chi connectivity index (χ1) is 7.54. The molecule has 0 aliphatic heterocycles. The van der Waals surface area contributed by atoms with Gasteiger partial charge in [-0.1, -0.05) is 43.5 Å². The number of rotatable bonds is 3. The van der Waals surface area contributed by atoms with Crippen LogP contribution in [0.1, 0.15) is 23.2 Å². The molecule has 5 heteroatoms. The van der Waals surface area contributed by atoms with Crippen LogP contribution in [-0.2, 0) is 0 Å². The maximum Gasteiger partial charge on any atom is 0.251 e. The Labute approximate surface area is 116 Å². The molecule has 16 heavy (non-hydrogen) atoms. The minimum Gasteiger partial charge on any atom is -0.346 e. The van der Waals surface area contributed by atoms with Gasteiger partial charge in [0, 0.05) is 20.4 Å². The van der Waals surface area contributed by atoms with Crippen LogP contribution >= 0.6 is 43.5 Å². The fourth-order valence-electron chi connectivity index (χ4n) is 1.44. The molecule has 1 saturated carbocycles. The Kier molecular flexibility index (Phi) is 3.62. The number of carbonyl (C=O) groups is 1. The second kappa shape index (κ2) is 4.67. The van der Waals surface area contributed by atoms with Crippen molar-refractivity contribution in [3.8, 4) is 0 Å². The molecule has 2 rings (SSSR count). The maximum atomic E-state index is 12.0. The van der Waals surface area contributed by atoms with Crippen LogP contribution in [0.15, 0.2) is 22.7 Å². The highest BCUT2D eigenvalue weighted by atomic mass is 79.9. The standard InChI is InChI=1S/C11H10Br2ClNO/c12-6-11(1-2-11)15-10(16)7-3-8(13)5-9(14)4-7/h3-5H,1-2,6H2,(H,15,16). The van der Waals surface area contributed by atoms with Gasteiger partial charge in [0.1, 0.15) is 0 Å². The summed E-state index contributed by atoms with van der Waals surface area (Å²) in [6.45, 7) is 0. The Morgan fingerprint density at radius 2 is 2.12 bits per heavy atom. The number of hydrogen-bond acceptors (Lipinski definition) is 1. The van der Waals surface area contributed by atoms with Crippen molar-refractivity contribution in [3.05, 3.63) is 33.3 Å². The molecule has 0 unspecified atom stereocenters. The molecular formula is C11H10Br2ClNO. The molecule has 0 radical (unpaired) electrons. The van der Waals surface area contributed by atoms with Gasteiger partial charge < -0.3 is 5.32 Å². The van der Waals surface area contributed by atoms with Crippen LogP contribution in [0.2, 0.25) is 5.02 Å². The van der Waals surface area contributed by atoms with E-state index >= 15 is 0 Å². The first-order valence-corrected chi connectivity index (χ1v) is 7.18. The minimum atomic E-state index is -0.0693. The number of hydrogen-bond donors (Lipinski definition) is 1. The second-order valence-electron chi connectivity index (χ2n) is 4.03. The highest BCUT2D eigenvalue weighted by molar-refractivity contribution is 9.10. The zero-order valence-electron chi connectivity index (χ0n) is 8.40. The van der Waals surface area contributed by atoms with Gasteiger partial charge in [0.25, 0.3) is 5.91 Å². The number of halogens is 3. The van der Waals surface area contributed by atoms with E-state index in [1.54, 1.807) is 18.2 Å². The van der Waals surface area contributed by atoms with E-state index in [-0.39, 0.29) is 11.4 Å². The summed E-state index contributed by atoms with van der Waals surface area (Å²) in [5, 5.41) is 4.38. The van der Waals surface area contributed by atoms with E-state index in [1.165, 1.54) is 0 Å². The quantitative estimate of drug-likeness (QED) is 0.810. The summed E-state index contributed by atoms with van der Waals surface area (Å²) in [6.07, 6.45) is 2.07. The van der Waals surface area contributed by atoms with Gasteiger partial charge in [0.2, 0.25) is 0 Å². The molecule has 1 aliphatic carbocycles. The SMILES string of the molecule is O=C(NC1(CBr)CC1)c1cc(Cl)cc(Br)c1. The molecule has 1 aromatic rings. The van der Waals surface area contributed by atoms with Crippen molar-refractivity contribution in [2.75, 3.05) is 5.33 Å². The van der Waals surface area contributed by atoms with Gasteiger partial charge in [-0.05, 0) is 31.0 Å². The van der Waals surface area contributed by atoms with Crippen molar-refractivity contribution in [1.82, 2.24) is 5.32 Å². The predicted molar refractivity (Wildman–Crippen MR) is 72.4 cm³/mol. The summed E-state index contributed by atoms with van der Waals surface area (Å²) in [5.41, 5.74) is 0.554. The number of carbonyl (C=O) groups excluding carboxylic acids is 1. The number of amides is 1. The van der Waals surface area contributed by atoms with Crippen LogP contribution in [-0.4, -0.2) is 16.8 Å². The Hall–Kier alpha value is -0.0600. The van der Waals surface area contributed by atoms with Crippen LogP contribution in [0.3, 0.4) is 0 Å². The van der Waals surface area contributed by atoms with Crippen LogP contribution in [0.5, 0.6) is 0 Å². The molecule has 86 valence electrons. The zero-order valence-corrected chi connectivity index (χ0v) is 12.3. The Bertz CT molecular complexity index is 412. The third kappa shape index (κ3) is 2.79. The molecule has 1 N–H and O–H groups in total. The van der Waals surface area contributed by atoms with Gasteiger partial charge in [-0.15, -0.1) is 0 Å². The molecule has 1 amide bonds. The normalized spacial score (nSPS) is 16.9. The lowest BCUT2D eigenvalue weighted by molar-refractivity contribution is 0.0936. The van der Waals surface area contributed by atoms with E-state index < -0.39 is 0 Å². The molecule has 0 heterocycles. The van der Waals surface area contributed by atoms with Crippen molar-refractivity contribution >= 4 is 49.4 Å². The fraction of sp³-hybridized carbons (Fsp3) is 0.364. The van der Waals surface area contributed by atoms with E-state index in [2.05, 4.69) is 37.2 Å². The van der Waals surface area contributed by atoms with Gasteiger partial charge >= 0.3 is 0 Å². The van der Waals surface area contributed by atoms with Gasteiger partial charge in [0.15, 0.2) is 0 Å². The average Bonchev–Trinajstić information content (AvgIpc) is 2.97. The highest BCUT2D eigenvalue weighted by Gasteiger charge is 2.42. The van der Waals surface area contributed by atoms with Crippen LogP contribution < -0.4 is 5.32 Å². The number of alkyl halides is 1. The molecule has 0 saturated heterocycles. The van der Waals surface area contributed by atoms with Gasteiger partial charge in [0.05, 0.1) is 5.54 Å². The molecule has 0 spiro atoms. The van der Waals surface area contributed by atoms with E-state index in [0.717, 1.165) is 22.6 Å². The third-order valence-corrected chi connectivity index (χ3v) is 4.36. The monoisotopic (exact) mass is 365 g/mol. The smallest absolute Gasteiger partial charge is 0.251 e. The largest absolute Gasteiger partial charge is 0.346 e. The van der Waals surface area contributed by atoms with Crippen LogP contribution in [0.4, 0.5) is 0 Å². The Morgan fingerprint density at radius 3 is 2.62 bits per heavy atom. The van der Waals surface area contributed by atoms with E-state index in [9.17, 15) is 4.79 Å². The fourth-order valence-corrected chi connectivity index (χ4v) is 3.00. The molecular weight excluding hydrogens is 357 g/mol. The van der Waals surface area contributed by atoms with Crippen molar-refractivity contribution < 1.29 is 4.79 Å². The van der Waals surface area contributed by atoms with Gasteiger partial charge in [-0.2, -0.15) is 0 Å². The first kappa shape index (κ1) is 12.4. The van der Waals surface area contributed by atoms with Crippen LogP contribution in [0.25, 0.3) is 0 Å². The van der Waals surface area contributed by atoms with Crippen LogP contribution in [0, 0.1) is 0 Å². The summed E-state index contributed by atoms with van der Waals surface area (Å²) in [5.74, 6) is -0.0693. The summed E-state index contributed by atoms with van der Waals surface area (Å²) >= 11 is 12.6. The van der Waals surface area contributed by atoms with Gasteiger partial charge in [-0.3, -0.25) is 4.79 Å². The van der Waals surface area contributed by atoms with Crippen molar-refractivity contribution in [3.63, 3.8) is 0 Å². The number of benzene rings is 1. The summed E-state index contributed by atoms with van der Waals surface area (Å²) in [7, 11) is 0. The first-order valence-electron chi connectivity index (χ1n) is 4.89. The lowest BCUT2D eigenvalue weighted by atomic mass is 10.2. The topological polar surface area (TPSA) is 29.1 Å². The summed E-state index contributed by atoms with van der Waals surface area (Å²) in [4.78, 5) is 12.0. The predicted octanol–water partition coefficient (Wildman–Crippen LogP) is 3.76. The third-order valence-electron chi connectivity index (χ3n) is 2.61. The molecule has 1 aliphatic rings. The second-order valence-corrected chi connectivity index (χ2v) is 5.94. The molecule has 2 nitrogen and oxygen atoms in total. The van der Waals surface area contributed by atoms with Crippen molar-refractivity contribution in [2.45, 2.75) is 18.4 Å². The number of nitrogens with one attached hydrogen (secondary N) is 1. The lowest BCUT2D eigenvalue weighted by Crippen LogP contribution is -2.38. The Morgan fingerprint density at radius 1 is 1.44 bits per heavy atom. The lowest BCUT2D eigenvalue weighted by Gasteiger charge is -2.14.